The Bertz CT molecular complexity index is 1200. The average molecular weight is 435 g/mol. The zero-order valence-corrected chi connectivity index (χ0v) is 17.8. The molecule has 31 heavy (non-hydrogen) atoms. The molecule has 1 heterocycles. The molecule has 1 N–H and O–H groups in total. The molecule has 156 valence electrons. The van der Waals surface area contributed by atoms with Crippen LogP contribution in [0.5, 0.6) is 0 Å². The van der Waals surface area contributed by atoms with Gasteiger partial charge in [0.1, 0.15) is 11.5 Å². The van der Waals surface area contributed by atoms with Crippen molar-refractivity contribution in [3.63, 3.8) is 0 Å². The van der Waals surface area contributed by atoms with Crippen LogP contribution in [0.25, 0.3) is 5.57 Å². The molecule has 0 unspecified atom stereocenters. The Morgan fingerprint density at radius 3 is 2.26 bits per heavy atom. The fourth-order valence-electron chi connectivity index (χ4n) is 3.51. The normalized spacial score (nSPS) is 13.9. The topological polar surface area (TPSA) is 49.4 Å². The molecule has 0 spiro atoms. The highest BCUT2D eigenvalue weighted by Gasteiger charge is 2.40. The fraction of sp³-hybridized carbons (Fsp3) is 0.120. The molecule has 3 aromatic rings. The van der Waals surface area contributed by atoms with E-state index in [1.54, 1.807) is 24.3 Å². The molecule has 6 heteroatoms. The molecule has 1 aliphatic heterocycles. The molecule has 4 nitrogen and oxygen atoms in total. The van der Waals surface area contributed by atoms with Crippen molar-refractivity contribution in [3.05, 3.63) is 100.0 Å². The van der Waals surface area contributed by atoms with Crippen molar-refractivity contribution in [2.24, 2.45) is 0 Å². The number of carbonyl (C=O) groups excluding carboxylic acids is 2. The number of aryl methyl sites for hydroxylation is 2. The highest BCUT2D eigenvalue weighted by molar-refractivity contribution is 6.46. The van der Waals surface area contributed by atoms with E-state index in [-0.39, 0.29) is 11.3 Å². The largest absolute Gasteiger partial charge is 0.350 e. The van der Waals surface area contributed by atoms with E-state index in [2.05, 4.69) is 5.32 Å². The van der Waals surface area contributed by atoms with Crippen molar-refractivity contribution in [2.75, 3.05) is 10.2 Å². The van der Waals surface area contributed by atoms with Gasteiger partial charge in [-0.25, -0.2) is 9.29 Å². The lowest BCUT2D eigenvalue weighted by atomic mass is 10.0. The summed E-state index contributed by atoms with van der Waals surface area (Å²) in [6, 6.07) is 18.1. The molecule has 0 radical (unpaired) electrons. The van der Waals surface area contributed by atoms with Gasteiger partial charge in [0.2, 0.25) is 0 Å². The molecule has 0 atom stereocenters. The maximum absolute atomic E-state index is 13.5. The van der Waals surface area contributed by atoms with Gasteiger partial charge in [0.25, 0.3) is 11.8 Å². The molecule has 4 rings (SSSR count). The summed E-state index contributed by atoms with van der Waals surface area (Å²) in [5, 5.41) is 3.61. The van der Waals surface area contributed by atoms with E-state index >= 15 is 0 Å². The van der Waals surface area contributed by atoms with E-state index in [1.165, 1.54) is 24.3 Å². The molecule has 0 bridgehead atoms. The zero-order valence-electron chi connectivity index (χ0n) is 17.1. The standard InChI is InChI=1S/C25H20ClFN2O2/c1-3-16-5-12-20(13-6-16)29-24(30)22(17-7-10-19(27)11-8-17)23(25(29)31)28-21-14-18(26)9-4-15(21)2/h4-14,28H,3H2,1-2H3. The van der Waals surface area contributed by atoms with Gasteiger partial charge in [0.15, 0.2) is 0 Å². The van der Waals surface area contributed by atoms with Gasteiger partial charge in [-0.2, -0.15) is 0 Å². The second-order valence-corrected chi connectivity index (χ2v) is 7.74. The van der Waals surface area contributed by atoms with Crippen LogP contribution in [0.15, 0.2) is 72.4 Å². The van der Waals surface area contributed by atoms with Gasteiger partial charge in [-0.05, 0) is 66.4 Å². The van der Waals surface area contributed by atoms with E-state index in [9.17, 15) is 14.0 Å². The molecule has 0 saturated heterocycles. The minimum absolute atomic E-state index is 0.126. The number of nitrogens with zero attached hydrogens (tertiary/aromatic N) is 1. The minimum Gasteiger partial charge on any atom is -0.350 e. The molecule has 3 aromatic carbocycles. The summed E-state index contributed by atoms with van der Waals surface area (Å²) in [6.45, 7) is 3.91. The Kier molecular flexibility index (Phi) is 5.61. The molecule has 0 aliphatic carbocycles. The summed E-state index contributed by atoms with van der Waals surface area (Å²) >= 11 is 6.13. The Balaban J connectivity index is 1.82. The van der Waals surface area contributed by atoms with E-state index in [1.807, 2.05) is 32.0 Å². The van der Waals surface area contributed by atoms with Crippen molar-refractivity contribution in [2.45, 2.75) is 20.3 Å². The predicted octanol–water partition coefficient (Wildman–Crippen LogP) is 5.75. The lowest BCUT2D eigenvalue weighted by Crippen LogP contribution is -2.32. The van der Waals surface area contributed by atoms with Crippen molar-refractivity contribution in [1.29, 1.82) is 0 Å². The monoisotopic (exact) mass is 434 g/mol. The third kappa shape index (κ3) is 3.97. The number of imide groups is 1. The molecular weight excluding hydrogens is 415 g/mol. The first-order valence-corrected chi connectivity index (χ1v) is 10.3. The third-order valence-corrected chi connectivity index (χ3v) is 5.51. The number of halogens is 2. The Labute approximate surface area is 185 Å². The van der Waals surface area contributed by atoms with Crippen molar-refractivity contribution >= 4 is 40.4 Å². The summed E-state index contributed by atoms with van der Waals surface area (Å²) in [4.78, 5) is 27.9. The maximum Gasteiger partial charge on any atom is 0.282 e. The van der Waals surface area contributed by atoms with Crippen molar-refractivity contribution in [1.82, 2.24) is 0 Å². The van der Waals surface area contributed by atoms with E-state index in [4.69, 9.17) is 11.6 Å². The predicted molar refractivity (Wildman–Crippen MR) is 121 cm³/mol. The van der Waals surface area contributed by atoms with Crippen molar-refractivity contribution < 1.29 is 14.0 Å². The van der Waals surface area contributed by atoms with E-state index < -0.39 is 17.6 Å². The van der Waals surface area contributed by atoms with Crippen LogP contribution < -0.4 is 10.2 Å². The van der Waals surface area contributed by atoms with Crippen molar-refractivity contribution in [3.8, 4) is 0 Å². The van der Waals surface area contributed by atoms with Crippen LogP contribution in [0.3, 0.4) is 0 Å². The van der Waals surface area contributed by atoms with E-state index in [0.29, 0.717) is 22.0 Å². The fourth-order valence-corrected chi connectivity index (χ4v) is 3.68. The summed E-state index contributed by atoms with van der Waals surface area (Å²) in [5.41, 5.74) is 3.82. The molecule has 0 fully saturated rings. The zero-order chi connectivity index (χ0) is 22.1. The number of anilines is 2. The number of nitrogens with one attached hydrogen (secondary N) is 1. The van der Waals surface area contributed by atoms with Crippen LogP contribution in [-0.2, 0) is 16.0 Å². The molecule has 2 amide bonds. The summed E-state index contributed by atoms with van der Waals surface area (Å²) in [7, 11) is 0. The first-order chi connectivity index (χ1) is 14.9. The van der Waals surface area contributed by atoms with Crippen LogP contribution in [-0.4, -0.2) is 11.8 Å². The van der Waals surface area contributed by atoms with E-state index in [0.717, 1.165) is 22.4 Å². The third-order valence-electron chi connectivity index (χ3n) is 5.28. The maximum atomic E-state index is 13.5. The quantitative estimate of drug-likeness (QED) is 0.520. The highest BCUT2D eigenvalue weighted by Crippen LogP contribution is 2.35. The van der Waals surface area contributed by atoms with Gasteiger partial charge in [-0.15, -0.1) is 0 Å². The SMILES string of the molecule is CCc1ccc(N2C(=O)C(Nc3cc(Cl)ccc3C)=C(c3ccc(F)cc3)C2=O)cc1. The Morgan fingerprint density at radius 1 is 0.935 bits per heavy atom. The number of benzene rings is 3. The van der Waals surface area contributed by atoms with Crippen LogP contribution in [0.2, 0.25) is 5.02 Å². The van der Waals surface area contributed by atoms with Gasteiger partial charge >= 0.3 is 0 Å². The lowest BCUT2D eigenvalue weighted by Gasteiger charge is -2.16. The second kappa shape index (κ2) is 8.36. The van der Waals surface area contributed by atoms with Gasteiger partial charge in [-0.3, -0.25) is 9.59 Å². The van der Waals surface area contributed by atoms with Crippen LogP contribution in [0.1, 0.15) is 23.6 Å². The molecular formula is C25H20ClFN2O2. The number of hydrogen-bond acceptors (Lipinski definition) is 3. The smallest absolute Gasteiger partial charge is 0.282 e. The minimum atomic E-state index is -0.479. The number of rotatable bonds is 5. The van der Waals surface area contributed by atoms with Gasteiger partial charge in [0, 0.05) is 10.7 Å². The Morgan fingerprint density at radius 2 is 1.61 bits per heavy atom. The Hall–Kier alpha value is -3.44. The highest BCUT2D eigenvalue weighted by atomic mass is 35.5. The summed E-state index contributed by atoms with van der Waals surface area (Å²) < 4.78 is 13.5. The first kappa shape index (κ1) is 20.8. The number of amides is 2. The van der Waals surface area contributed by atoms with Crippen LogP contribution >= 0.6 is 11.6 Å². The second-order valence-electron chi connectivity index (χ2n) is 7.31. The van der Waals surface area contributed by atoms with Crippen LogP contribution in [0, 0.1) is 12.7 Å². The number of hydrogen-bond donors (Lipinski definition) is 1. The first-order valence-electron chi connectivity index (χ1n) is 9.90. The summed E-state index contributed by atoms with van der Waals surface area (Å²) in [6.07, 6.45) is 0.849. The number of carbonyl (C=O) groups is 2. The molecule has 0 saturated carbocycles. The molecule has 1 aliphatic rings. The van der Waals surface area contributed by atoms with Gasteiger partial charge in [-0.1, -0.05) is 48.9 Å². The molecule has 0 aromatic heterocycles. The van der Waals surface area contributed by atoms with Gasteiger partial charge < -0.3 is 5.32 Å². The van der Waals surface area contributed by atoms with Crippen LogP contribution in [0.4, 0.5) is 15.8 Å². The summed E-state index contributed by atoms with van der Waals surface area (Å²) in [5.74, 6) is -1.37. The average Bonchev–Trinajstić information content (AvgIpc) is 3.01. The van der Waals surface area contributed by atoms with Gasteiger partial charge in [0.05, 0.1) is 11.3 Å². The lowest BCUT2D eigenvalue weighted by molar-refractivity contribution is -0.120.